The second-order valence-electron chi connectivity index (χ2n) is 8.53. The fourth-order valence-electron chi connectivity index (χ4n) is 4.93. The summed E-state index contributed by atoms with van der Waals surface area (Å²) in [7, 11) is 0. The molecule has 1 aliphatic heterocycles. The molecule has 1 fully saturated rings. The highest BCUT2D eigenvalue weighted by Gasteiger charge is 2.37. The van der Waals surface area contributed by atoms with E-state index in [-0.39, 0.29) is 23.8 Å². The Morgan fingerprint density at radius 1 is 1.24 bits per heavy atom. The van der Waals surface area contributed by atoms with Crippen LogP contribution < -0.4 is 15.4 Å². The monoisotopic (exact) mass is 412 g/mol. The quantitative estimate of drug-likeness (QED) is 0.703. The van der Waals surface area contributed by atoms with Crippen LogP contribution in [0.2, 0.25) is 0 Å². The smallest absolute Gasteiger partial charge is 0.168 e. The third-order valence-corrected chi connectivity index (χ3v) is 7.65. The summed E-state index contributed by atoms with van der Waals surface area (Å²) in [6.45, 7) is 3.67. The lowest BCUT2D eigenvalue weighted by Crippen LogP contribution is -2.44. The van der Waals surface area contributed by atoms with Gasteiger partial charge in [-0.3, -0.25) is 4.79 Å². The number of Topliss-reactive ketones (excluding diaryl/α,β-unsaturated/α-hetero) is 1. The van der Waals surface area contributed by atoms with Crippen LogP contribution in [-0.2, 0) is 12.8 Å². The maximum atomic E-state index is 12.8. The summed E-state index contributed by atoms with van der Waals surface area (Å²) < 4.78 is 6.12. The van der Waals surface area contributed by atoms with Crippen molar-refractivity contribution in [2.45, 2.75) is 57.3 Å². The maximum Gasteiger partial charge on any atom is 0.168 e. The lowest BCUT2D eigenvalue weighted by atomic mass is 9.87. The van der Waals surface area contributed by atoms with Gasteiger partial charge >= 0.3 is 0 Å². The molecule has 1 saturated carbocycles. The number of ketones is 1. The number of thiophene rings is 1. The molecule has 5 nitrogen and oxygen atoms in total. The highest BCUT2D eigenvalue weighted by atomic mass is 32.1. The summed E-state index contributed by atoms with van der Waals surface area (Å²) in [6.07, 6.45) is 3.82. The van der Waals surface area contributed by atoms with E-state index in [1.807, 2.05) is 12.1 Å². The van der Waals surface area contributed by atoms with Gasteiger partial charge in [0, 0.05) is 46.1 Å². The van der Waals surface area contributed by atoms with Crippen LogP contribution in [0.15, 0.2) is 24.3 Å². The molecule has 6 heteroatoms. The van der Waals surface area contributed by atoms with E-state index in [1.54, 1.807) is 11.3 Å². The Morgan fingerprint density at radius 2 is 2.14 bits per heavy atom. The number of aliphatic hydroxyl groups is 1. The third-order valence-electron chi connectivity index (χ3n) is 6.54. The SMILES string of the molecule is Cc1cc2c(s1)CCC(CNC1CCC(Oc3ccc4c(c3)CCN4)C1O)C2=O. The van der Waals surface area contributed by atoms with Crippen molar-refractivity contribution < 1.29 is 14.6 Å². The molecule has 4 unspecified atom stereocenters. The standard InChI is InChI=1S/C23H28N2O3S/c1-13-10-17-21(29-13)7-2-15(22(17)26)12-25-19-5-6-20(23(19)27)28-16-3-4-18-14(11-16)8-9-24-18/h3-4,10-11,15,19-20,23-25,27H,2,5-9,12H2,1H3. The Balaban J connectivity index is 1.17. The fourth-order valence-corrected chi connectivity index (χ4v) is 5.98. The molecule has 0 saturated heterocycles. The molecule has 1 aromatic heterocycles. The molecule has 4 atom stereocenters. The lowest BCUT2D eigenvalue weighted by Gasteiger charge is -2.25. The average molecular weight is 413 g/mol. The largest absolute Gasteiger partial charge is 0.488 e. The van der Waals surface area contributed by atoms with Crippen molar-refractivity contribution in [1.29, 1.82) is 0 Å². The van der Waals surface area contributed by atoms with E-state index < -0.39 is 6.10 Å². The van der Waals surface area contributed by atoms with Gasteiger partial charge in [0.25, 0.3) is 0 Å². The Kier molecular flexibility index (Phi) is 5.10. The van der Waals surface area contributed by atoms with E-state index in [2.05, 4.69) is 29.7 Å². The molecule has 3 aliphatic rings. The second-order valence-corrected chi connectivity index (χ2v) is 9.87. The zero-order valence-corrected chi connectivity index (χ0v) is 17.6. The van der Waals surface area contributed by atoms with Gasteiger partial charge < -0.3 is 20.5 Å². The molecule has 29 heavy (non-hydrogen) atoms. The van der Waals surface area contributed by atoms with Crippen LogP contribution in [0.5, 0.6) is 5.75 Å². The van der Waals surface area contributed by atoms with Gasteiger partial charge in [0.15, 0.2) is 5.78 Å². The number of ether oxygens (including phenoxy) is 1. The molecule has 5 rings (SSSR count). The topological polar surface area (TPSA) is 70.6 Å². The Morgan fingerprint density at radius 3 is 3.03 bits per heavy atom. The van der Waals surface area contributed by atoms with Crippen molar-refractivity contribution >= 4 is 22.8 Å². The average Bonchev–Trinajstić information content (AvgIpc) is 3.41. The van der Waals surface area contributed by atoms with Gasteiger partial charge in [0.05, 0.1) is 0 Å². The number of carbonyl (C=O) groups is 1. The number of anilines is 1. The summed E-state index contributed by atoms with van der Waals surface area (Å²) in [5.41, 5.74) is 3.39. The van der Waals surface area contributed by atoms with Crippen molar-refractivity contribution in [3.63, 3.8) is 0 Å². The van der Waals surface area contributed by atoms with Gasteiger partial charge in [-0.25, -0.2) is 0 Å². The van der Waals surface area contributed by atoms with E-state index in [1.165, 1.54) is 21.0 Å². The molecule has 2 heterocycles. The maximum absolute atomic E-state index is 12.8. The number of rotatable bonds is 5. The van der Waals surface area contributed by atoms with Gasteiger partial charge in [0.1, 0.15) is 18.0 Å². The minimum atomic E-state index is -0.556. The highest BCUT2D eigenvalue weighted by Crippen LogP contribution is 2.33. The first-order chi connectivity index (χ1) is 14.1. The molecule has 2 aliphatic carbocycles. The molecular formula is C23H28N2O3S. The van der Waals surface area contributed by atoms with Crippen LogP contribution in [-0.4, -0.2) is 42.2 Å². The van der Waals surface area contributed by atoms with Crippen LogP contribution in [0.4, 0.5) is 5.69 Å². The first-order valence-corrected chi connectivity index (χ1v) is 11.5. The fraction of sp³-hybridized carbons (Fsp3) is 0.522. The van der Waals surface area contributed by atoms with Crippen LogP contribution in [0.3, 0.4) is 0 Å². The van der Waals surface area contributed by atoms with Crippen molar-refractivity contribution in [2.75, 3.05) is 18.4 Å². The van der Waals surface area contributed by atoms with E-state index >= 15 is 0 Å². The third kappa shape index (κ3) is 3.69. The van der Waals surface area contributed by atoms with Crippen molar-refractivity contribution in [1.82, 2.24) is 5.32 Å². The number of carbonyl (C=O) groups excluding carboxylic acids is 1. The molecule has 1 aromatic carbocycles. The van der Waals surface area contributed by atoms with E-state index in [4.69, 9.17) is 4.74 Å². The van der Waals surface area contributed by atoms with Crippen LogP contribution in [0.1, 0.15) is 44.9 Å². The highest BCUT2D eigenvalue weighted by molar-refractivity contribution is 7.12. The minimum absolute atomic E-state index is 0.00730. The number of hydrogen-bond acceptors (Lipinski definition) is 6. The first kappa shape index (κ1) is 19.1. The van der Waals surface area contributed by atoms with E-state index in [0.717, 1.165) is 50.0 Å². The number of fused-ring (bicyclic) bond motifs is 2. The van der Waals surface area contributed by atoms with E-state index in [0.29, 0.717) is 6.54 Å². The predicted molar refractivity (Wildman–Crippen MR) is 115 cm³/mol. The van der Waals surface area contributed by atoms with Gasteiger partial charge in [-0.1, -0.05) is 0 Å². The van der Waals surface area contributed by atoms with Gasteiger partial charge in [0.2, 0.25) is 0 Å². The molecule has 2 aromatic rings. The number of benzene rings is 1. The molecule has 0 radical (unpaired) electrons. The Hall–Kier alpha value is -1.89. The number of hydrogen-bond donors (Lipinski definition) is 3. The predicted octanol–water partition coefficient (Wildman–Crippen LogP) is 3.33. The summed E-state index contributed by atoms with van der Waals surface area (Å²) in [4.78, 5) is 15.2. The molecule has 3 N–H and O–H groups in total. The number of aliphatic hydroxyl groups excluding tert-OH is 1. The summed E-state index contributed by atoms with van der Waals surface area (Å²) in [5, 5.41) is 17.6. The van der Waals surface area contributed by atoms with Gasteiger partial charge in [-0.05, 0) is 68.9 Å². The van der Waals surface area contributed by atoms with Crippen LogP contribution in [0.25, 0.3) is 0 Å². The molecule has 0 amide bonds. The Labute approximate surface area is 175 Å². The second kappa shape index (κ2) is 7.74. The van der Waals surface area contributed by atoms with Crippen LogP contribution >= 0.6 is 11.3 Å². The minimum Gasteiger partial charge on any atom is -0.488 e. The van der Waals surface area contributed by atoms with Crippen LogP contribution in [0, 0.1) is 12.8 Å². The molecule has 0 spiro atoms. The molecular weight excluding hydrogens is 384 g/mol. The van der Waals surface area contributed by atoms with Crippen molar-refractivity contribution in [3.05, 3.63) is 45.1 Å². The van der Waals surface area contributed by atoms with Gasteiger partial charge in [-0.2, -0.15) is 0 Å². The van der Waals surface area contributed by atoms with Crippen molar-refractivity contribution in [3.8, 4) is 5.75 Å². The summed E-state index contributed by atoms with van der Waals surface area (Å²) in [6, 6.07) is 8.14. The molecule has 154 valence electrons. The summed E-state index contributed by atoms with van der Waals surface area (Å²) in [5.74, 6) is 1.10. The van der Waals surface area contributed by atoms with Crippen molar-refractivity contribution in [2.24, 2.45) is 5.92 Å². The zero-order chi connectivity index (χ0) is 20.0. The normalized spacial score (nSPS) is 28.1. The van der Waals surface area contributed by atoms with Gasteiger partial charge in [-0.15, -0.1) is 11.3 Å². The number of nitrogens with one attached hydrogen (secondary N) is 2. The Bertz CT molecular complexity index is 925. The van der Waals surface area contributed by atoms with E-state index in [9.17, 15) is 9.90 Å². The first-order valence-electron chi connectivity index (χ1n) is 10.7. The lowest BCUT2D eigenvalue weighted by molar-refractivity contribution is 0.0441. The molecule has 0 bridgehead atoms. The summed E-state index contributed by atoms with van der Waals surface area (Å²) >= 11 is 1.75. The number of aryl methyl sites for hydroxylation is 2. The zero-order valence-electron chi connectivity index (χ0n) is 16.7.